The number of rotatable bonds is 6. The summed E-state index contributed by atoms with van der Waals surface area (Å²) in [6.07, 6.45) is 1.27. The van der Waals surface area contributed by atoms with Gasteiger partial charge in [-0.25, -0.2) is 13.8 Å². The molecule has 9 heteroatoms. The zero-order valence-corrected chi connectivity index (χ0v) is 19.5. The van der Waals surface area contributed by atoms with Gasteiger partial charge in [-0.3, -0.25) is 0 Å². The van der Waals surface area contributed by atoms with Gasteiger partial charge in [0.05, 0.1) is 25.2 Å². The molecular weight excluding hydrogens is 468 g/mol. The molecule has 6 nitrogen and oxygen atoms in total. The Morgan fingerprint density at radius 3 is 2.74 bits per heavy atom. The third-order valence-corrected chi connectivity index (χ3v) is 7.06. The van der Waals surface area contributed by atoms with Gasteiger partial charge in [-0.15, -0.1) is 0 Å². The third kappa shape index (κ3) is 4.24. The molecule has 2 aliphatic heterocycles. The van der Waals surface area contributed by atoms with Gasteiger partial charge in [-0.05, 0) is 44.5 Å². The molecular formula is C22H28BrF2N5O. The Bertz CT molecular complexity index is 998. The van der Waals surface area contributed by atoms with E-state index >= 15 is 0 Å². The van der Waals surface area contributed by atoms with E-state index < -0.39 is 11.8 Å². The summed E-state index contributed by atoms with van der Waals surface area (Å²) >= 11 is 3.57. The van der Waals surface area contributed by atoms with Crippen molar-refractivity contribution >= 4 is 38.6 Å². The molecule has 2 saturated heterocycles. The average Bonchev–Trinajstić information content (AvgIpc) is 3.29. The Labute approximate surface area is 189 Å². The van der Waals surface area contributed by atoms with Gasteiger partial charge in [-0.2, -0.15) is 4.98 Å². The van der Waals surface area contributed by atoms with Crippen LogP contribution in [0.2, 0.25) is 0 Å². The molecule has 1 atom stereocenters. The van der Waals surface area contributed by atoms with E-state index in [4.69, 9.17) is 14.7 Å². The summed E-state index contributed by atoms with van der Waals surface area (Å²) in [6.45, 7) is 6.83. The second-order valence-corrected chi connectivity index (χ2v) is 10.3. The molecule has 1 N–H and O–H groups in total. The molecule has 1 aromatic carbocycles. The van der Waals surface area contributed by atoms with E-state index in [2.05, 4.69) is 44.2 Å². The molecule has 31 heavy (non-hydrogen) atoms. The predicted molar refractivity (Wildman–Crippen MR) is 121 cm³/mol. The normalized spacial score (nSPS) is 24.4. The number of likely N-dealkylation sites (N-methyl/N-ethyl adjacent to an activating group) is 1. The summed E-state index contributed by atoms with van der Waals surface area (Å²) in [5.74, 6) is -1.44. The smallest absolute Gasteiger partial charge is 0.251 e. The van der Waals surface area contributed by atoms with Crippen LogP contribution in [0.15, 0.2) is 16.6 Å². The van der Waals surface area contributed by atoms with Crippen LogP contribution in [0, 0.1) is 12.8 Å². The average molecular weight is 496 g/mol. The summed E-state index contributed by atoms with van der Waals surface area (Å²) in [5.41, 5.74) is 1.84. The van der Waals surface area contributed by atoms with E-state index in [-0.39, 0.29) is 12.0 Å². The van der Waals surface area contributed by atoms with E-state index in [0.29, 0.717) is 25.3 Å². The highest BCUT2D eigenvalue weighted by molar-refractivity contribution is 9.10. The van der Waals surface area contributed by atoms with E-state index in [1.807, 2.05) is 13.0 Å². The number of fused-ring (bicyclic) bond motifs is 1. The molecule has 3 heterocycles. The zero-order valence-electron chi connectivity index (χ0n) is 17.9. The number of benzene rings is 1. The molecule has 1 aliphatic carbocycles. The number of ether oxygens (including phenoxy) is 1. The third-order valence-electron chi connectivity index (χ3n) is 6.60. The van der Waals surface area contributed by atoms with Crippen molar-refractivity contribution in [2.24, 2.45) is 5.92 Å². The van der Waals surface area contributed by atoms with Crippen molar-refractivity contribution in [3.8, 4) is 0 Å². The highest BCUT2D eigenvalue weighted by atomic mass is 79.9. The molecule has 0 amide bonds. The Morgan fingerprint density at radius 2 is 2.03 bits per heavy atom. The molecule has 1 aromatic heterocycles. The van der Waals surface area contributed by atoms with Crippen LogP contribution >= 0.6 is 15.9 Å². The highest BCUT2D eigenvalue weighted by Crippen LogP contribution is 2.51. The maximum atomic E-state index is 13.1. The minimum atomic E-state index is -2.44. The highest BCUT2D eigenvalue weighted by Gasteiger charge is 2.55. The number of hydrogen-bond donors (Lipinski definition) is 1. The van der Waals surface area contributed by atoms with E-state index in [9.17, 15) is 8.78 Å². The van der Waals surface area contributed by atoms with Crippen molar-refractivity contribution in [3.05, 3.63) is 22.2 Å². The molecule has 3 aliphatic rings. The number of anilines is 2. The fourth-order valence-corrected chi connectivity index (χ4v) is 5.35. The monoisotopic (exact) mass is 495 g/mol. The number of morpholine rings is 1. The van der Waals surface area contributed by atoms with Crippen LogP contribution in [0.4, 0.5) is 20.5 Å². The number of nitrogens with one attached hydrogen (secondary N) is 1. The molecule has 1 saturated carbocycles. The van der Waals surface area contributed by atoms with Crippen molar-refractivity contribution in [3.63, 3.8) is 0 Å². The molecule has 1 unspecified atom stereocenters. The second kappa shape index (κ2) is 7.78. The van der Waals surface area contributed by atoms with Crippen LogP contribution in [0.3, 0.4) is 0 Å². The number of halogens is 3. The van der Waals surface area contributed by atoms with Crippen LogP contribution in [0.1, 0.15) is 24.8 Å². The minimum Gasteiger partial charge on any atom is -0.369 e. The van der Waals surface area contributed by atoms with Crippen molar-refractivity contribution in [1.82, 2.24) is 14.9 Å². The van der Waals surface area contributed by atoms with E-state index in [1.165, 1.54) is 0 Å². The standard InChI is InChI=1S/C22H28BrF2N5O/c1-14-8-16(23)9-17-18(14)27-20(30-12-21(13-30)11-29(2)6-7-31-21)28-19(17)26-5-3-4-15-10-22(15,24)25/h8-9,15H,3-7,10-13H2,1-2H3,(H,26,27,28). The Morgan fingerprint density at radius 1 is 1.26 bits per heavy atom. The quantitative estimate of drug-likeness (QED) is 0.609. The second-order valence-electron chi connectivity index (χ2n) is 9.35. The van der Waals surface area contributed by atoms with Crippen LogP contribution in [-0.4, -0.2) is 72.8 Å². The molecule has 0 radical (unpaired) electrons. The van der Waals surface area contributed by atoms with Crippen LogP contribution in [0.25, 0.3) is 10.9 Å². The van der Waals surface area contributed by atoms with Gasteiger partial charge < -0.3 is 19.9 Å². The number of hydrogen-bond acceptors (Lipinski definition) is 6. The molecule has 3 fully saturated rings. The van der Waals surface area contributed by atoms with Gasteiger partial charge in [0.25, 0.3) is 5.92 Å². The van der Waals surface area contributed by atoms with Crippen LogP contribution in [-0.2, 0) is 4.74 Å². The first kappa shape index (κ1) is 21.3. The van der Waals surface area contributed by atoms with Crippen molar-refractivity contribution < 1.29 is 13.5 Å². The molecule has 5 rings (SSSR count). The van der Waals surface area contributed by atoms with Gasteiger partial charge in [0.15, 0.2) is 0 Å². The van der Waals surface area contributed by atoms with Gasteiger partial charge in [0, 0.05) is 41.8 Å². The van der Waals surface area contributed by atoms with Crippen LogP contribution in [0.5, 0.6) is 0 Å². The summed E-state index contributed by atoms with van der Waals surface area (Å²) in [7, 11) is 2.13. The van der Waals surface area contributed by atoms with Gasteiger partial charge >= 0.3 is 0 Å². The predicted octanol–water partition coefficient (Wildman–Crippen LogP) is 4.07. The largest absolute Gasteiger partial charge is 0.369 e. The molecule has 168 valence electrons. The van der Waals surface area contributed by atoms with E-state index in [1.54, 1.807) is 0 Å². The lowest BCUT2D eigenvalue weighted by atomic mass is 9.92. The maximum absolute atomic E-state index is 13.1. The zero-order chi connectivity index (χ0) is 21.8. The topological polar surface area (TPSA) is 53.5 Å². The first-order valence-electron chi connectivity index (χ1n) is 10.9. The number of aryl methyl sites for hydroxylation is 1. The van der Waals surface area contributed by atoms with Crippen molar-refractivity contribution in [1.29, 1.82) is 0 Å². The summed E-state index contributed by atoms with van der Waals surface area (Å²) < 4.78 is 33.3. The number of alkyl halides is 2. The fraction of sp³-hybridized carbons (Fsp3) is 0.636. The molecule has 2 aromatic rings. The molecule has 0 bridgehead atoms. The number of aromatic nitrogens is 2. The summed E-state index contributed by atoms with van der Waals surface area (Å²) in [4.78, 5) is 14.2. The Kier molecular flexibility index (Phi) is 5.34. The SMILES string of the molecule is Cc1cc(Br)cc2c(NCCCC3CC3(F)F)nc(N3CC4(CN(C)CCO4)C3)nc12. The first-order chi connectivity index (χ1) is 14.7. The van der Waals surface area contributed by atoms with Gasteiger partial charge in [0.2, 0.25) is 5.95 Å². The molecule has 1 spiro atoms. The summed E-state index contributed by atoms with van der Waals surface area (Å²) in [5, 5.41) is 4.33. The van der Waals surface area contributed by atoms with Gasteiger partial charge in [-0.1, -0.05) is 15.9 Å². The van der Waals surface area contributed by atoms with Gasteiger partial charge in [0.1, 0.15) is 11.4 Å². The first-order valence-corrected chi connectivity index (χ1v) is 11.7. The Hall–Kier alpha value is -1.58. The number of nitrogens with zero attached hydrogens (tertiary/aromatic N) is 4. The van der Waals surface area contributed by atoms with Crippen LogP contribution < -0.4 is 10.2 Å². The maximum Gasteiger partial charge on any atom is 0.251 e. The summed E-state index contributed by atoms with van der Waals surface area (Å²) in [6, 6.07) is 4.06. The van der Waals surface area contributed by atoms with Crippen molar-refractivity contribution in [2.75, 3.05) is 56.6 Å². The lowest BCUT2D eigenvalue weighted by molar-refractivity contribution is -0.118. The fourth-order valence-electron chi connectivity index (χ4n) is 4.78. The van der Waals surface area contributed by atoms with Crippen molar-refractivity contribution in [2.45, 2.75) is 37.7 Å². The minimum absolute atomic E-state index is 0.0354. The van der Waals surface area contributed by atoms with E-state index in [0.717, 1.165) is 59.5 Å². The lowest BCUT2D eigenvalue weighted by Gasteiger charge is -2.53. The Balaban J connectivity index is 1.34. The lowest BCUT2D eigenvalue weighted by Crippen LogP contribution is -2.70.